The summed E-state index contributed by atoms with van der Waals surface area (Å²) >= 11 is 0. The van der Waals surface area contributed by atoms with Crippen molar-refractivity contribution >= 4 is 0 Å². The zero-order valence-electron chi connectivity index (χ0n) is 28.5. The van der Waals surface area contributed by atoms with Crippen molar-refractivity contribution in [2.24, 2.45) is 0 Å². The van der Waals surface area contributed by atoms with E-state index in [0.29, 0.717) is 0 Å². The summed E-state index contributed by atoms with van der Waals surface area (Å²) in [4.78, 5) is 7.34. The van der Waals surface area contributed by atoms with Gasteiger partial charge in [-0.25, -0.2) is 0 Å². The highest BCUT2D eigenvalue weighted by molar-refractivity contribution is 5.37. The van der Waals surface area contributed by atoms with Crippen LogP contribution in [0.5, 0.6) is 0 Å². The highest BCUT2D eigenvalue weighted by Gasteiger charge is 2.23. The molecular formula is C45H47N3. The summed E-state index contributed by atoms with van der Waals surface area (Å²) in [5.74, 6) is 0. The molecule has 2 atom stereocenters. The highest BCUT2D eigenvalue weighted by Crippen LogP contribution is 2.32. The van der Waals surface area contributed by atoms with Crippen molar-refractivity contribution < 1.29 is 0 Å². The van der Waals surface area contributed by atoms with E-state index in [1.807, 2.05) is 0 Å². The zero-order chi connectivity index (χ0) is 33.1. The van der Waals surface area contributed by atoms with Gasteiger partial charge in [-0.3, -0.25) is 14.7 Å². The van der Waals surface area contributed by atoms with Crippen molar-refractivity contribution in [3.63, 3.8) is 0 Å². The second kappa shape index (κ2) is 16.3. The molecule has 6 aromatic carbocycles. The number of benzene rings is 6. The van der Waals surface area contributed by atoms with Crippen LogP contribution < -0.4 is 0 Å². The minimum atomic E-state index is 0.125. The van der Waals surface area contributed by atoms with Gasteiger partial charge in [0, 0.05) is 26.2 Å². The van der Waals surface area contributed by atoms with E-state index in [4.69, 9.17) is 0 Å². The molecule has 0 fully saturated rings. The average molecular weight is 630 g/mol. The first-order chi connectivity index (χ1) is 23.5. The van der Waals surface area contributed by atoms with Gasteiger partial charge in [-0.1, -0.05) is 170 Å². The van der Waals surface area contributed by atoms with Crippen molar-refractivity contribution in [3.8, 4) is 0 Å². The molecule has 6 rings (SSSR count). The van der Waals surface area contributed by atoms with Crippen LogP contribution in [-0.2, 0) is 26.2 Å². The van der Waals surface area contributed by atoms with Gasteiger partial charge in [-0.2, -0.15) is 0 Å². The lowest BCUT2D eigenvalue weighted by Gasteiger charge is -2.31. The molecule has 3 heteroatoms. The van der Waals surface area contributed by atoms with E-state index in [1.165, 1.54) is 44.5 Å². The van der Waals surface area contributed by atoms with Crippen LogP contribution in [0.2, 0.25) is 0 Å². The Morgan fingerprint density at radius 3 is 1.10 bits per heavy atom. The van der Waals surface area contributed by atoms with Crippen molar-refractivity contribution in [2.75, 3.05) is 21.1 Å². The van der Waals surface area contributed by atoms with Gasteiger partial charge in [0.1, 0.15) is 0 Å². The maximum absolute atomic E-state index is 2.49. The first-order valence-electron chi connectivity index (χ1n) is 17.0. The molecular weight excluding hydrogens is 583 g/mol. The Labute approximate surface area is 287 Å². The molecule has 0 aromatic heterocycles. The van der Waals surface area contributed by atoms with E-state index in [2.05, 4.69) is 206 Å². The van der Waals surface area contributed by atoms with E-state index in [1.54, 1.807) is 0 Å². The quantitative estimate of drug-likeness (QED) is 0.119. The molecule has 3 nitrogen and oxygen atoms in total. The minimum absolute atomic E-state index is 0.125. The number of nitrogens with zero attached hydrogens (tertiary/aromatic N) is 3. The molecule has 0 aliphatic rings. The largest absolute Gasteiger partial charge is 0.298 e. The van der Waals surface area contributed by atoms with Crippen LogP contribution in [0.4, 0.5) is 0 Å². The van der Waals surface area contributed by atoms with Crippen LogP contribution in [0.25, 0.3) is 0 Å². The molecule has 0 N–H and O–H groups in total. The van der Waals surface area contributed by atoms with Crippen LogP contribution in [-0.4, -0.2) is 35.8 Å². The molecule has 0 amide bonds. The first kappa shape index (κ1) is 33.1. The van der Waals surface area contributed by atoms with Gasteiger partial charge in [0.05, 0.1) is 12.1 Å². The van der Waals surface area contributed by atoms with Crippen molar-refractivity contribution in [2.45, 2.75) is 38.3 Å². The third kappa shape index (κ3) is 8.76. The molecule has 48 heavy (non-hydrogen) atoms. The summed E-state index contributed by atoms with van der Waals surface area (Å²) in [7, 11) is 6.70. The van der Waals surface area contributed by atoms with Crippen LogP contribution in [0.15, 0.2) is 170 Å². The summed E-state index contributed by atoms with van der Waals surface area (Å²) in [5.41, 5.74) is 10.5. The summed E-state index contributed by atoms with van der Waals surface area (Å²) in [5, 5.41) is 0. The first-order valence-corrected chi connectivity index (χ1v) is 17.0. The average Bonchev–Trinajstić information content (AvgIpc) is 3.11. The van der Waals surface area contributed by atoms with Gasteiger partial charge in [0.25, 0.3) is 0 Å². The molecule has 2 unspecified atom stereocenters. The highest BCUT2D eigenvalue weighted by atomic mass is 15.1. The third-order valence-electron chi connectivity index (χ3n) is 9.10. The van der Waals surface area contributed by atoms with Crippen LogP contribution in [0.1, 0.15) is 56.6 Å². The molecule has 0 radical (unpaired) electrons. The van der Waals surface area contributed by atoms with E-state index in [-0.39, 0.29) is 12.1 Å². The third-order valence-corrected chi connectivity index (χ3v) is 9.10. The normalized spacial score (nSPS) is 12.8. The lowest BCUT2D eigenvalue weighted by atomic mass is 9.94. The molecule has 0 aliphatic heterocycles. The fourth-order valence-electron chi connectivity index (χ4n) is 7.00. The topological polar surface area (TPSA) is 9.72 Å². The minimum Gasteiger partial charge on any atom is -0.298 e. The lowest BCUT2D eigenvalue weighted by molar-refractivity contribution is 0.265. The molecule has 0 bridgehead atoms. The SMILES string of the molecule is CN(Cc1ccccc1)Cc1cccc(C(c2ccccc2)N(C)Cc2cccc(C(c3ccccc3)N(C)Cc3ccccc3)c2)c1. The predicted octanol–water partition coefficient (Wildman–Crippen LogP) is 9.76. The van der Waals surface area contributed by atoms with Gasteiger partial charge in [0.2, 0.25) is 0 Å². The number of hydrogen-bond acceptors (Lipinski definition) is 3. The molecule has 242 valence electrons. The van der Waals surface area contributed by atoms with Crippen LogP contribution in [0.3, 0.4) is 0 Å². The summed E-state index contributed by atoms with van der Waals surface area (Å²) in [6.45, 7) is 3.52. The molecule has 0 saturated carbocycles. The second-order valence-electron chi connectivity index (χ2n) is 13.1. The van der Waals surface area contributed by atoms with Gasteiger partial charge in [0.15, 0.2) is 0 Å². The maximum Gasteiger partial charge on any atom is 0.0602 e. The Balaban J connectivity index is 1.25. The maximum atomic E-state index is 2.49. The van der Waals surface area contributed by atoms with Gasteiger partial charge >= 0.3 is 0 Å². The lowest BCUT2D eigenvalue weighted by Crippen LogP contribution is -2.27. The standard InChI is InChI=1S/C45H47N3/c1-46(32-36-18-8-4-9-19-36)33-38-22-16-28-42(30-38)45(41-26-14-7-15-27-41)48(3)35-39-23-17-29-43(31-39)44(40-24-12-6-13-25-40)47(2)34-37-20-10-5-11-21-37/h4-31,44-45H,32-35H2,1-3H3. The van der Waals surface area contributed by atoms with Crippen LogP contribution in [0, 0.1) is 0 Å². The van der Waals surface area contributed by atoms with E-state index >= 15 is 0 Å². The molecule has 0 spiro atoms. The monoisotopic (exact) mass is 629 g/mol. The molecule has 0 aliphatic carbocycles. The molecule has 0 saturated heterocycles. The van der Waals surface area contributed by atoms with Crippen molar-refractivity contribution in [1.29, 1.82) is 0 Å². The fraction of sp³-hybridized carbons (Fsp3) is 0.200. The van der Waals surface area contributed by atoms with Crippen LogP contribution >= 0.6 is 0 Å². The van der Waals surface area contributed by atoms with Gasteiger partial charge < -0.3 is 0 Å². The number of hydrogen-bond donors (Lipinski definition) is 0. The predicted molar refractivity (Wildman–Crippen MR) is 200 cm³/mol. The van der Waals surface area contributed by atoms with E-state index in [0.717, 1.165) is 26.2 Å². The van der Waals surface area contributed by atoms with Crippen molar-refractivity contribution in [1.82, 2.24) is 14.7 Å². The summed E-state index contributed by atoms with van der Waals surface area (Å²) in [6.07, 6.45) is 0. The molecule has 6 aromatic rings. The Hall–Kier alpha value is -4.80. The zero-order valence-corrected chi connectivity index (χ0v) is 28.5. The number of rotatable bonds is 14. The smallest absolute Gasteiger partial charge is 0.0602 e. The molecule has 0 heterocycles. The Bertz CT molecular complexity index is 1820. The Morgan fingerprint density at radius 2 is 0.646 bits per heavy atom. The van der Waals surface area contributed by atoms with E-state index < -0.39 is 0 Å². The van der Waals surface area contributed by atoms with E-state index in [9.17, 15) is 0 Å². The second-order valence-corrected chi connectivity index (χ2v) is 13.1. The summed E-state index contributed by atoms with van der Waals surface area (Å²) in [6, 6.07) is 61.9. The van der Waals surface area contributed by atoms with Crippen molar-refractivity contribution in [3.05, 3.63) is 214 Å². The Kier molecular flexibility index (Phi) is 11.3. The summed E-state index contributed by atoms with van der Waals surface area (Å²) < 4.78 is 0. The fourth-order valence-corrected chi connectivity index (χ4v) is 7.00. The Morgan fingerprint density at radius 1 is 0.333 bits per heavy atom. The van der Waals surface area contributed by atoms with Gasteiger partial charge in [-0.05, 0) is 65.7 Å². The van der Waals surface area contributed by atoms with Gasteiger partial charge in [-0.15, -0.1) is 0 Å².